The first-order valence-corrected chi connectivity index (χ1v) is 9.85. The molecule has 9 heteroatoms. The number of carbonyl (C=O) groups is 2. The Kier molecular flexibility index (Phi) is 6.46. The van der Waals surface area contributed by atoms with Gasteiger partial charge < -0.3 is 15.1 Å². The molecule has 1 aliphatic heterocycles. The highest BCUT2D eigenvalue weighted by molar-refractivity contribution is 6.31. The minimum absolute atomic E-state index is 0.0210. The van der Waals surface area contributed by atoms with Gasteiger partial charge in [-0.25, -0.2) is 0 Å². The quantitative estimate of drug-likeness (QED) is 0.800. The van der Waals surface area contributed by atoms with Crippen LogP contribution >= 0.6 is 23.2 Å². The lowest BCUT2D eigenvalue weighted by atomic mass is 10.2. The summed E-state index contributed by atoms with van der Waals surface area (Å²) in [6, 6.07) is 7.68. The standard InChI is InChI=1S/C19H23Cl2N5O2/c1-13-19(21)14(2)26(23-13)12-17(27)22-11-18(28)25-9-7-24(8-10-25)16-5-3-15(20)4-6-16/h3-6H,7-12H2,1-2H3,(H,22,27). The summed E-state index contributed by atoms with van der Waals surface area (Å²) in [4.78, 5) is 28.5. The topological polar surface area (TPSA) is 70.5 Å². The Morgan fingerprint density at radius 2 is 1.71 bits per heavy atom. The Balaban J connectivity index is 1.44. The molecular weight excluding hydrogens is 401 g/mol. The van der Waals surface area contributed by atoms with Gasteiger partial charge in [0.2, 0.25) is 11.8 Å². The summed E-state index contributed by atoms with van der Waals surface area (Å²) in [5.74, 6) is -0.356. The van der Waals surface area contributed by atoms with Crippen molar-refractivity contribution in [2.45, 2.75) is 20.4 Å². The van der Waals surface area contributed by atoms with Crippen molar-refractivity contribution in [3.63, 3.8) is 0 Å². The van der Waals surface area contributed by atoms with E-state index in [4.69, 9.17) is 23.2 Å². The minimum atomic E-state index is -0.268. The zero-order valence-electron chi connectivity index (χ0n) is 15.9. The van der Waals surface area contributed by atoms with Crippen LogP contribution in [0.4, 0.5) is 5.69 Å². The molecule has 0 aliphatic carbocycles. The van der Waals surface area contributed by atoms with Crippen molar-refractivity contribution in [1.82, 2.24) is 20.0 Å². The minimum Gasteiger partial charge on any atom is -0.368 e. The maximum absolute atomic E-state index is 12.4. The second kappa shape index (κ2) is 8.84. The van der Waals surface area contributed by atoms with E-state index in [1.165, 1.54) is 0 Å². The molecule has 1 aromatic heterocycles. The van der Waals surface area contributed by atoms with Gasteiger partial charge in [0.15, 0.2) is 0 Å². The molecule has 0 spiro atoms. The average molecular weight is 424 g/mol. The molecule has 0 radical (unpaired) electrons. The molecule has 1 fully saturated rings. The zero-order valence-corrected chi connectivity index (χ0v) is 17.4. The number of piperazine rings is 1. The van der Waals surface area contributed by atoms with Crippen LogP contribution in [0, 0.1) is 13.8 Å². The van der Waals surface area contributed by atoms with E-state index in [1.807, 2.05) is 24.3 Å². The summed E-state index contributed by atoms with van der Waals surface area (Å²) in [6.45, 7) is 6.33. The molecule has 7 nitrogen and oxygen atoms in total. The molecule has 28 heavy (non-hydrogen) atoms. The van der Waals surface area contributed by atoms with Gasteiger partial charge >= 0.3 is 0 Å². The largest absolute Gasteiger partial charge is 0.368 e. The number of aromatic nitrogens is 2. The number of amides is 2. The van der Waals surface area contributed by atoms with E-state index in [-0.39, 0.29) is 24.9 Å². The van der Waals surface area contributed by atoms with Crippen molar-refractivity contribution < 1.29 is 9.59 Å². The lowest BCUT2D eigenvalue weighted by Crippen LogP contribution is -2.51. The summed E-state index contributed by atoms with van der Waals surface area (Å²) in [5, 5.41) is 8.16. The Morgan fingerprint density at radius 1 is 1.07 bits per heavy atom. The normalized spacial score (nSPS) is 14.3. The second-order valence-corrected chi connectivity index (χ2v) is 7.58. The Bertz CT molecular complexity index is 858. The Labute approximate surface area is 174 Å². The molecule has 0 atom stereocenters. The summed E-state index contributed by atoms with van der Waals surface area (Å²) in [5.41, 5.74) is 2.51. The smallest absolute Gasteiger partial charge is 0.242 e. The van der Waals surface area contributed by atoms with Gasteiger partial charge in [0.25, 0.3) is 0 Å². The van der Waals surface area contributed by atoms with Gasteiger partial charge in [0.05, 0.1) is 23.0 Å². The van der Waals surface area contributed by atoms with Crippen LogP contribution in [0.2, 0.25) is 10.0 Å². The number of nitrogens with one attached hydrogen (secondary N) is 1. The van der Waals surface area contributed by atoms with E-state index in [0.717, 1.165) is 24.5 Å². The number of aryl methyl sites for hydroxylation is 1. The Hall–Kier alpha value is -2.25. The molecule has 2 heterocycles. The maximum atomic E-state index is 12.4. The van der Waals surface area contributed by atoms with Gasteiger partial charge in [0.1, 0.15) is 6.54 Å². The fourth-order valence-corrected chi connectivity index (χ4v) is 3.43. The van der Waals surface area contributed by atoms with Gasteiger partial charge in [-0.05, 0) is 38.1 Å². The molecule has 1 aliphatic rings. The first-order chi connectivity index (χ1) is 13.3. The summed E-state index contributed by atoms with van der Waals surface area (Å²) >= 11 is 12.0. The van der Waals surface area contributed by atoms with E-state index in [1.54, 1.807) is 23.4 Å². The SMILES string of the molecule is Cc1nn(CC(=O)NCC(=O)N2CCN(c3ccc(Cl)cc3)CC2)c(C)c1Cl. The van der Waals surface area contributed by atoms with Crippen LogP contribution in [0.15, 0.2) is 24.3 Å². The molecule has 3 rings (SSSR count). The number of hydrogen-bond donors (Lipinski definition) is 1. The highest BCUT2D eigenvalue weighted by Crippen LogP contribution is 2.20. The van der Waals surface area contributed by atoms with Crippen LogP contribution in [0.25, 0.3) is 0 Å². The predicted molar refractivity (Wildman–Crippen MR) is 110 cm³/mol. The number of rotatable bonds is 5. The third-order valence-electron chi connectivity index (χ3n) is 4.85. The number of nitrogens with zero attached hydrogens (tertiary/aromatic N) is 4. The van der Waals surface area contributed by atoms with E-state index in [0.29, 0.717) is 28.8 Å². The van der Waals surface area contributed by atoms with Crippen molar-refractivity contribution in [1.29, 1.82) is 0 Å². The fraction of sp³-hybridized carbons (Fsp3) is 0.421. The molecule has 1 saturated heterocycles. The van der Waals surface area contributed by atoms with E-state index in [2.05, 4.69) is 15.3 Å². The molecule has 1 aromatic carbocycles. The number of hydrogen-bond acceptors (Lipinski definition) is 4. The maximum Gasteiger partial charge on any atom is 0.242 e. The third-order valence-corrected chi connectivity index (χ3v) is 5.65. The van der Waals surface area contributed by atoms with E-state index >= 15 is 0 Å². The van der Waals surface area contributed by atoms with Crippen molar-refractivity contribution in [2.75, 3.05) is 37.6 Å². The molecule has 2 aromatic rings. The molecule has 150 valence electrons. The average Bonchev–Trinajstić information content (AvgIpc) is 2.93. The van der Waals surface area contributed by atoms with Gasteiger partial charge in [-0.2, -0.15) is 5.10 Å². The van der Waals surface area contributed by atoms with Crippen molar-refractivity contribution >= 4 is 40.7 Å². The first-order valence-electron chi connectivity index (χ1n) is 9.09. The Morgan fingerprint density at radius 3 is 2.29 bits per heavy atom. The number of anilines is 1. The second-order valence-electron chi connectivity index (χ2n) is 6.76. The highest BCUT2D eigenvalue weighted by atomic mass is 35.5. The number of benzene rings is 1. The van der Waals surface area contributed by atoms with Crippen LogP contribution < -0.4 is 10.2 Å². The fourth-order valence-electron chi connectivity index (χ4n) is 3.17. The van der Waals surface area contributed by atoms with E-state index in [9.17, 15) is 9.59 Å². The monoisotopic (exact) mass is 423 g/mol. The van der Waals surface area contributed by atoms with Crippen LogP contribution in [0.5, 0.6) is 0 Å². The summed E-state index contributed by atoms with van der Waals surface area (Å²) in [7, 11) is 0. The van der Waals surface area contributed by atoms with Crippen LogP contribution in [-0.4, -0.2) is 59.2 Å². The third kappa shape index (κ3) is 4.77. The summed E-state index contributed by atoms with van der Waals surface area (Å²) < 4.78 is 1.54. The van der Waals surface area contributed by atoms with Gasteiger partial charge in [-0.1, -0.05) is 23.2 Å². The zero-order chi connectivity index (χ0) is 20.3. The van der Waals surface area contributed by atoms with Crippen molar-refractivity contribution in [2.24, 2.45) is 0 Å². The van der Waals surface area contributed by atoms with Crippen LogP contribution in [0.3, 0.4) is 0 Å². The summed E-state index contributed by atoms with van der Waals surface area (Å²) in [6.07, 6.45) is 0. The molecule has 0 saturated carbocycles. The lowest BCUT2D eigenvalue weighted by Gasteiger charge is -2.36. The first kappa shape index (κ1) is 20.5. The molecule has 2 amide bonds. The van der Waals surface area contributed by atoms with Gasteiger partial charge in [-0.3, -0.25) is 14.3 Å². The van der Waals surface area contributed by atoms with Crippen molar-refractivity contribution in [3.8, 4) is 0 Å². The number of carbonyl (C=O) groups excluding carboxylic acids is 2. The molecule has 0 bridgehead atoms. The predicted octanol–water partition coefficient (Wildman–Crippen LogP) is 2.27. The van der Waals surface area contributed by atoms with Crippen molar-refractivity contribution in [3.05, 3.63) is 45.7 Å². The number of halogens is 2. The molecular formula is C19H23Cl2N5O2. The van der Waals surface area contributed by atoms with Gasteiger partial charge in [0, 0.05) is 36.9 Å². The van der Waals surface area contributed by atoms with Crippen LogP contribution in [0.1, 0.15) is 11.4 Å². The molecule has 0 unspecified atom stereocenters. The lowest BCUT2D eigenvalue weighted by molar-refractivity contribution is -0.133. The van der Waals surface area contributed by atoms with E-state index < -0.39 is 0 Å². The van der Waals surface area contributed by atoms with Crippen LogP contribution in [-0.2, 0) is 16.1 Å². The van der Waals surface area contributed by atoms with Gasteiger partial charge in [-0.15, -0.1) is 0 Å². The molecule has 1 N–H and O–H groups in total. The highest BCUT2D eigenvalue weighted by Gasteiger charge is 2.22.